The Labute approximate surface area is 174 Å². The zero-order chi connectivity index (χ0) is 21.1. The number of Topliss-reactive ketones (excluding diaryl/α,β-unsaturated/α-hetero) is 1. The van der Waals surface area contributed by atoms with Crippen molar-refractivity contribution in [1.29, 1.82) is 0 Å². The van der Waals surface area contributed by atoms with Crippen LogP contribution in [0.4, 0.5) is 16.0 Å². The van der Waals surface area contributed by atoms with Crippen molar-refractivity contribution >= 4 is 17.4 Å². The molecular formula is C22H24FN5O2. The van der Waals surface area contributed by atoms with Gasteiger partial charge in [-0.1, -0.05) is 6.92 Å². The summed E-state index contributed by atoms with van der Waals surface area (Å²) in [4.78, 5) is 20.7. The van der Waals surface area contributed by atoms with Crippen LogP contribution in [0.5, 0.6) is 5.75 Å². The summed E-state index contributed by atoms with van der Waals surface area (Å²) >= 11 is 0. The molecule has 1 aromatic carbocycles. The standard InChI is InChI=1S/C22H24FN5O2/c1-3-19(29)16-8-15(21(23)20(9-16)30-2)5-4-14-10-24-22(25-11-14)27-17-12-26-28(13-17)18-6-7-18/h8-13,18H,3-7H2,1-2H3,(H,24,25,27). The van der Waals surface area contributed by atoms with Crippen molar-refractivity contribution in [3.05, 3.63) is 59.4 Å². The number of halogens is 1. The molecular weight excluding hydrogens is 385 g/mol. The minimum absolute atomic E-state index is 0.0432. The summed E-state index contributed by atoms with van der Waals surface area (Å²) in [5, 5.41) is 7.47. The summed E-state index contributed by atoms with van der Waals surface area (Å²) in [7, 11) is 1.40. The van der Waals surface area contributed by atoms with Crippen molar-refractivity contribution in [3.63, 3.8) is 0 Å². The van der Waals surface area contributed by atoms with Gasteiger partial charge in [0.2, 0.25) is 5.95 Å². The fourth-order valence-electron chi connectivity index (χ4n) is 3.25. The maximum Gasteiger partial charge on any atom is 0.227 e. The first-order valence-electron chi connectivity index (χ1n) is 10.1. The first-order valence-corrected chi connectivity index (χ1v) is 10.1. The lowest BCUT2D eigenvalue weighted by Gasteiger charge is -2.11. The van der Waals surface area contributed by atoms with Crippen molar-refractivity contribution in [1.82, 2.24) is 19.7 Å². The van der Waals surface area contributed by atoms with E-state index in [1.807, 2.05) is 10.9 Å². The number of rotatable bonds is 9. The van der Waals surface area contributed by atoms with Gasteiger partial charge in [0.1, 0.15) is 0 Å². The van der Waals surface area contributed by atoms with E-state index in [4.69, 9.17) is 4.74 Å². The molecule has 0 aliphatic heterocycles. The van der Waals surface area contributed by atoms with Crippen LogP contribution < -0.4 is 10.1 Å². The third-order valence-electron chi connectivity index (χ3n) is 5.14. The van der Waals surface area contributed by atoms with Gasteiger partial charge in [0, 0.05) is 30.6 Å². The Morgan fingerprint density at radius 1 is 1.23 bits per heavy atom. The van der Waals surface area contributed by atoms with Crippen molar-refractivity contribution < 1.29 is 13.9 Å². The molecule has 0 amide bonds. The average molecular weight is 409 g/mol. The molecule has 4 rings (SSSR count). The highest BCUT2D eigenvalue weighted by atomic mass is 19.1. The van der Waals surface area contributed by atoms with Gasteiger partial charge in [-0.3, -0.25) is 9.48 Å². The maximum atomic E-state index is 14.6. The molecule has 1 saturated carbocycles. The summed E-state index contributed by atoms with van der Waals surface area (Å²) in [5.74, 6) is 0.0969. The second-order valence-electron chi connectivity index (χ2n) is 7.41. The predicted molar refractivity (Wildman–Crippen MR) is 111 cm³/mol. The molecule has 0 saturated heterocycles. The van der Waals surface area contributed by atoms with Crippen LogP contribution in [0.3, 0.4) is 0 Å². The van der Waals surface area contributed by atoms with E-state index in [1.165, 1.54) is 26.0 Å². The molecule has 7 nitrogen and oxygen atoms in total. The first-order chi connectivity index (χ1) is 14.6. The van der Waals surface area contributed by atoms with Gasteiger partial charge in [-0.25, -0.2) is 14.4 Å². The van der Waals surface area contributed by atoms with Crippen molar-refractivity contribution in [2.24, 2.45) is 0 Å². The topological polar surface area (TPSA) is 81.9 Å². The Morgan fingerprint density at radius 2 is 2.00 bits per heavy atom. The molecule has 0 bridgehead atoms. The molecule has 1 aliphatic carbocycles. The largest absolute Gasteiger partial charge is 0.494 e. The molecule has 0 unspecified atom stereocenters. The van der Waals surface area contributed by atoms with Gasteiger partial charge in [-0.15, -0.1) is 0 Å². The van der Waals surface area contributed by atoms with E-state index in [-0.39, 0.29) is 11.5 Å². The molecule has 0 spiro atoms. The highest BCUT2D eigenvalue weighted by molar-refractivity contribution is 5.96. The van der Waals surface area contributed by atoms with Gasteiger partial charge in [-0.2, -0.15) is 5.10 Å². The van der Waals surface area contributed by atoms with E-state index in [0.717, 1.165) is 11.3 Å². The van der Waals surface area contributed by atoms with Crippen molar-refractivity contribution in [3.8, 4) is 5.75 Å². The van der Waals surface area contributed by atoms with Crippen LogP contribution in [0.2, 0.25) is 0 Å². The SMILES string of the molecule is CCC(=O)c1cc(CCc2cnc(Nc3cnn(C4CC4)c3)nc2)c(F)c(OC)c1. The molecule has 156 valence electrons. The fraction of sp³-hybridized carbons (Fsp3) is 0.364. The number of methoxy groups -OCH3 is 1. The van der Waals surface area contributed by atoms with Crippen LogP contribution >= 0.6 is 0 Å². The summed E-state index contributed by atoms with van der Waals surface area (Å²) in [6, 6.07) is 3.59. The lowest BCUT2D eigenvalue weighted by Crippen LogP contribution is -2.04. The zero-order valence-corrected chi connectivity index (χ0v) is 17.1. The van der Waals surface area contributed by atoms with Crippen molar-refractivity contribution in [2.75, 3.05) is 12.4 Å². The lowest BCUT2D eigenvalue weighted by molar-refractivity contribution is 0.0987. The van der Waals surface area contributed by atoms with Crippen LogP contribution in [-0.2, 0) is 12.8 Å². The Balaban J connectivity index is 1.41. The van der Waals surface area contributed by atoms with Gasteiger partial charge in [0.25, 0.3) is 0 Å². The zero-order valence-electron chi connectivity index (χ0n) is 17.1. The number of nitrogens with zero attached hydrogens (tertiary/aromatic N) is 4. The molecule has 3 aromatic rings. The molecule has 8 heteroatoms. The first kappa shape index (κ1) is 20.0. The Hall–Kier alpha value is -3.29. The number of nitrogens with one attached hydrogen (secondary N) is 1. The maximum absolute atomic E-state index is 14.6. The number of ketones is 1. The third kappa shape index (κ3) is 4.48. The van der Waals surface area contributed by atoms with Crippen LogP contribution in [0.25, 0.3) is 0 Å². The predicted octanol–water partition coefficient (Wildman–Crippen LogP) is 4.28. The summed E-state index contributed by atoms with van der Waals surface area (Å²) in [5.41, 5.74) is 2.63. The number of aryl methyl sites for hydroxylation is 2. The molecule has 1 N–H and O–H groups in total. The number of carbonyl (C=O) groups is 1. The number of hydrogen-bond acceptors (Lipinski definition) is 6. The van der Waals surface area contributed by atoms with E-state index in [2.05, 4.69) is 20.4 Å². The minimum Gasteiger partial charge on any atom is -0.494 e. The quantitative estimate of drug-likeness (QED) is 0.531. The molecule has 2 heterocycles. The Kier molecular flexibility index (Phi) is 5.74. The molecule has 0 atom stereocenters. The Morgan fingerprint density at radius 3 is 2.67 bits per heavy atom. The lowest BCUT2D eigenvalue weighted by atomic mass is 10.00. The van der Waals surface area contributed by atoms with E-state index in [0.29, 0.717) is 42.4 Å². The number of aromatic nitrogens is 4. The monoisotopic (exact) mass is 409 g/mol. The number of carbonyl (C=O) groups excluding carboxylic acids is 1. The average Bonchev–Trinajstić information content (AvgIpc) is 3.52. The van der Waals surface area contributed by atoms with E-state index in [9.17, 15) is 9.18 Å². The smallest absolute Gasteiger partial charge is 0.227 e. The summed E-state index contributed by atoms with van der Waals surface area (Å²) in [6.45, 7) is 1.78. The number of anilines is 2. The third-order valence-corrected chi connectivity index (χ3v) is 5.14. The molecule has 30 heavy (non-hydrogen) atoms. The molecule has 2 aromatic heterocycles. The van der Waals surface area contributed by atoms with Gasteiger partial charge in [0.05, 0.1) is 25.0 Å². The van der Waals surface area contributed by atoms with E-state index in [1.54, 1.807) is 31.6 Å². The highest BCUT2D eigenvalue weighted by Crippen LogP contribution is 2.34. The summed E-state index contributed by atoms with van der Waals surface area (Å²) in [6.07, 6.45) is 10.8. The van der Waals surface area contributed by atoms with Gasteiger partial charge >= 0.3 is 0 Å². The number of benzene rings is 1. The molecule has 1 fully saturated rings. The minimum atomic E-state index is -0.433. The van der Waals surface area contributed by atoms with E-state index < -0.39 is 5.82 Å². The fourth-order valence-corrected chi connectivity index (χ4v) is 3.25. The number of hydrogen-bond donors (Lipinski definition) is 1. The summed E-state index contributed by atoms with van der Waals surface area (Å²) < 4.78 is 21.7. The van der Waals surface area contributed by atoms with Gasteiger partial charge < -0.3 is 10.1 Å². The highest BCUT2D eigenvalue weighted by Gasteiger charge is 2.24. The van der Waals surface area contributed by atoms with Crippen LogP contribution in [0, 0.1) is 5.82 Å². The van der Waals surface area contributed by atoms with Crippen LogP contribution in [0.15, 0.2) is 36.9 Å². The van der Waals surface area contributed by atoms with Gasteiger partial charge in [0.15, 0.2) is 17.3 Å². The molecule has 0 radical (unpaired) electrons. The van der Waals surface area contributed by atoms with Gasteiger partial charge in [-0.05, 0) is 48.9 Å². The second kappa shape index (κ2) is 8.61. The Bertz CT molecular complexity index is 1040. The second-order valence-corrected chi connectivity index (χ2v) is 7.41. The van der Waals surface area contributed by atoms with Crippen molar-refractivity contribution in [2.45, 2.75) is 45.1 Å². The molecule has 1 aliphatic rings. The normalized spacial score (nSPS) is 13.3. The number of ether oxygens (including phenoxy) is 1. The van der Waals surface area contributed by atoms with Crippen LogP contribution in [0.1, 0.15) is 53.7 Å². The van der Waals surface area contributed by atoms with Crippen LogP contribution in [-0.4, -0.2) is 32.6 Å². The van der Waals surface area contributed by atoms with E-state index >= 15 is 0 Å².